The molecule has 0 saturated heterocycles. The van der Waals surface area contributed by atoms with Gasteiger partial charge in [0.1, 0.15) is 4.90 Å². The number of halogens is 3. The van der Waals surface area contributed by atoms with E-state index in [-0.39, 0.29) is 11.1 Å². The first-order valence-corrected chi connectivity index (χ1v) is 9.48. The molecule has 0 spiro atoms. The van der Waals surface area contributed by atoms with Gasteiger partial charge in [-0.1, -0.05) is 42.1 Å². The summed E-state index contributed by atoms with van der Waals surface area (Å²) in [5.41, 5.74) is -0.459. The molecule has 0 unspecified atom stereocenters. The molecule has 0 aliphatic carbocycles. The Hall–Kier alpha value is -0.660. The summed E-state index contributed by atoms with van der Waals surface area (Å²) in [6.07, 6.45) is 3.66. The van der Waals surface area contributed by atoms with E-state index in [1.54, 1.807) is 0 Å². The van der Waals surface area contributed by atoms with Gasteiger partial charge in [0.05, 0.1) is 12.2 Å². The minimum Gasteiger partial charge on any atom is -0.462 e. The second-order valence-corrected chi connectivity index (χ2v) is 7.85. The van der Waals surface area contributed by atoms with Gasteiger partial charge in [-0.2, -0.15) is 0 Å². The molecule has 118 valence electrons. The molecule has 0 aromatic heterocycles. The lowest BCUT2D eigenvalue weighted by Gasteiger charge is -2.08. The fourth-order valence-corrected chi connectivity index (χ4v) is 3.20. The fourth-order valence-electron chi connectivity index (χ4n) is 1.66. The summed E-state index contributed by atoms with van der Waals surface area (Å²) in [6, 6.07) is 2.16. The minimum atomic E-state index is -4.29. The highest BCUT2D eigenvalue weighted by Crippen LogP contribution is 2.27. The Morgan fingerprint density at radius 3 is 2.57 bits per heavy atom. The molecule has 21 heavy (non-hydrogen) atoms. The molecule has 1 aromatic rings. The van der Waals surface area contributed by atoms with Crippen LogP contribution < -0.4 is 0 Å². The van der Waals surface area contributed by atoms with Crippen molar-refractivity contribution in [3.05, 3.63) is 28.0 Å². The van der Waals surface area contributed by atoms with Gasteiger partial charge in [0, 0.05) is 15.2 Å². The first-order valence-electron chi connectivity index (χ1n) is 6.38. The van der Waals surface area contributed by atoms with E-state index >= 15 is 0 Å². The van der Waals surface area contributed by atoms with Gasteiger partial charge in [0.25, 0.3) is 9.05 Å². The van der Waals surface area contributed by atoms with E-state index in [1.807, 2.05) is 0 Å². The van der Waals surface area contributed by atoms with Crippen molar-refractivity contribution < 1.29 is 22.3 Å². The van der Waals surface area contributed by atoms with Crippen LogP contribution in [0.25, 0.3) is 0 Å². The van der Waals surface area contributed by atoms with Crippen LogP contribution in [0.3, 0.4) is 0 Å². The molecule has 0 aliphatic rings. The summed E-state index contributed by atoms with van der Waals surface area (Å²) in [5, 5.41) is 0. The third kappa shape index (κ3) is 5.56. The molecule has 1 aromatic carbocycles. The summed E-state index contributed by atoms with van der Waals surface area (Å²) >= 11 is 3.01. The van der Waals surface area contributed by atoms with Crippen LogP contribution in [-0.4, -0.2) is 21.0 Å². The average molecular weight is 402 g/mol. The Morgan fingerprint density at radius 2 is 2.00 bits per heavy atom. The molecule has 0 radical (unpaired) electrons. The fraction of sp³-hybridized carbons (Fsp3) is 0.462. The third-order valence-corrected chi connectivity index (χ3v) is 4.50. The van der Waals surface area contributed by atoms with Crippen molar-refractivity contribution in [3.63, 3.8) is 0 Å². The molecule has 4 nitrogen and oxygen atoms in total. The van der Waals surface area contributed by atoms with Crippen molar-refractivity contribution in [1.29, 1.82) is 0 Å². The van der Waals surface area contributed by atoms with E-state index < -0.39 is 31.3 Å². The van der Waals surface area contributed by atoms with E-state index in [0.717, 1.165) is 31.4 Å². The lowest BCUT2D eigenvalue weighted by atomic mass is 10.2. The van der Waals surface area contributed by atoms with Crippen molar-refractivity contribution in [2.45, 2.75) is 37.5 Å². The Kier molecular flexibility index (Phi) is 7.09. The van der Waals surface area contributed by atoms with Gasteiger partial charge in [-0.15, -0.1) is 0 Å². The van der Waals surface area contributed by atoms with Crippen LogP contribution >= 0.6 is 26.6 Å². The molecular weight excluding hydrogens is 387 g/mol. The van der Waals surface area contributed by atoms with Crippen LogP contribution in [0, 0.1) is 5.82 Å². The van der Waals surface area contributed by atoms with Crippen LogP contribution in [-0.2, 0) is 13.8 Å². The zero-order valence-electron chi connectivity index (χ0n) is 11.4. The Morgan fingerprint density at radius 1 is 1.33 bits per heavy atom. The molecule has 0 atom stereocenters. The van der Waals surface area contributed by atoms with E-state index in [0.29, 0.717) is 6.42 Å². The molecule has 0 saturated carbocycles. The van der Waals surface area contributed by atoms with E-state index in [2.05, 4.69) is 22.9 Å². The first-order chi connectivity index (χ1) is 9.77. The standard InChI is InChI=1S/C13H15BrClFO4S/c1-2-3-4-5-6-20-13(17)10-7-9(14)8-11(12(10)16)21(15,18)19/h7-8H,2-6H2,1H3. The number of rotatable bonds is 7. The van der Waals surface area contributed by atoms with E-state index in [9.17, 15) is 17.6 Å². The van der Waals surface area contributed by atoms with E-state index in [1.165, 1.54) is 0 Å². The maximum absolute atomic E-state index is 14.0. The van der Waals surface area contributed by atoms with Gasteiger partial charge in [-0.3, -0.25) is 0 Å². The summed E-state index contributed by atoms with van der Waals surface area (Å²) in [4.78, 5) is 11.1. The highest BCUT2D eigenvalue weighted by molar-refractivity contribution is 9.10. The molecule has 0 fully saturated rings. The summed E-state index contributed by atoms with van der Waals surface area (Å²) in [6.45, 7) is 2.21. The summed E-state index contributed by atoms with van der Waals surface area (Å²) in [7, 11) is 0.848. The van der Waals surface area contributed by atoms with Crippen LogP contribution in [0.4, 0.5) is 4.39 Å². The largest absolute Gasteiger partial charge is 0.462 e. The number of benzene rings is 1. The summed E-state index contributed by atoms with van der Waals surface area (Å²) in [5.74, 6) is -2.11. The molecule has 0 heterocycles. The van der Waals surface area contributed by atoms with Crippen LogP contribution in [0.15, 0.2) is 21.5 Å². The normalized spacial score (nSPS) is 11.4. The maximum atomic E-state index is 14.0. The highest BCUT2D eigenvalue weighted by atomic mass is 79.9. The lowest BCUT2D eigenvalue weighted by molar-refractivity contribution is 0.0491. The second-order valence-electron chi connectivity index (χ2n) is 4.40. The van der Waals surface area contributed by atoms with Gasteiger partial charge in [0.2, 0.25) is 0 Å². The van der Waals surface area contributed by atoms with Gasteiger partial charge in [-0.05, 0) is 18.6 Å². The molecule has 8 heteroatoms. The SMILES string of the molecule is CCCCCCOC(=O)c1cc(Br)cc(S(=O)(=O)Cl)c1F. The highest BCUT2D eigenvalue weighted by Gasteiger charge is 2.24. The Labute approximate surface area is 136 Å². The zero-order valence-corrected chi connectivity index (χ0v) is 14.5. The molecule has 1 rings (SSSR count). The number of hydrogen-bond acceptors (Lipinski definition) is 4. The van der Waals surface area contributed by atoms with Gasteiger partial charge < -0.3 is 4.74 Å². The number of carbonyl (C=O) groups excluding carboxylic acids is 1. The molecule has 0 N–H and O–H groups in total. The number of esters is 1. The first kappa shape index (κ1) is 18.4. The number of hydrogen-bond donors (Lipinski definition) is 0. The van der Waals surface area contributed by atoms with Crippen molar-refractivity contribution in [2.75, 3.05) is 6.61 Å². The van der Waals surface area contributed by atoms with Gasteiger partial charge >= 0.3 is 5.97 Å². The smallest absolute Gasteiger partial charge is 0.341 e. The van der Waals surface area contributed by atoms with Gasteiger partial charge in [-0.25, -0.2) is 17.6 Å². The predicted octanol–water partition coefficient (Wildman–Crippen LogP) is 4.25. The quantitative estimate of drug-likeness (QED) is 0.389. The van der Waals surface area contributed by atoms with Crippen LogP contribution in [0.2, 0.25) is 0 Å². The molecule has 0 aliphatic heterocycles. The lowest BCUT2D eigenvalue weighted by Crippen LogP contribution is -2.11. The number of unbranched alkanes of at least 4 members (excludes halogenated alkanes) is 3. The monoisotopic (exact) mass is 400 g/mol. The maximum Gasteiger partial charge on any atom is 0.341 e. The molecular formula is C13H15BrClFO4S. The second kappa shape index (κ2) is 8.10. The number of carbonyl (C=O) groups is 1. The van der Waals surface area contributed by atoms with Crippen LogP contribution in [0.5, 0.6) is 0 Å². The van der Waals surface area contributed by atoms with E-state index in [4.69, 9.17) is 15.4 Å². The van der Waals surface area contributed by atoms with Gasteiger partial charge in [0.15, 0.2) is 5.82 Å². The molecule has 0 bridgehead atoms. The summed E-state index contributed by atoms with van der Waals surface area (Å²) < 4.78 is 41.7. The van der Waals surface area contributed by atoms with Crippen molar-refractivity contribution in [2.24, 2.45) is 0 Å². The zero-order chi connectivity index (χ0) is 16.0. The Bertz CT molecular complexity index is 619. The van der Waals surface area contributed by atoms with Crippen molar-refractivity contribution in [1.82, 2.24) is 0 Å². The van der Waals surface area contributed by atoms with Crippen LogP contribution in [0.1, 0.15) is 43.0 Å². The average Bonchev–Trinajstić information content (AvgIpc) is 2.39. The molecule has 0 amide bonds. The Balaban J connectivity index is 2.88. The minimum absolute atomic E-state index is 0.160. The topological polar surface area (TPSA) is 60.4 Å². The van der Waals surface area contributed by atoms with Crippen molar-refractivity contribution in [3.8, 4) is 0 Å². The predicted molar refractivity (Wildman–Crippen MR) is 81.6 cm³/mol. The third-order valence-electron chi connectivity index (χ3n) is 2.72. The van der Waals surface area contributed by atoms with Crippen molar-refractivity contribution >= 4 is 41.6 Å². The number of ether oxygens (including phenoxy) is 1.